The Morgan fingerprint density at radius 1 is 0.698 bits per heavy atom. The van der Waals surface area contributed by atoms with Crippen LogP contribution in [0.15, 0.2) is 109 Å². The minimum atomic E-state index is -3.46. The lowest BCUT2D eigenvalue weighted by molar-refractivity contribution is 0.331. The zero-order valence-electron chi connectivity index (χ0n) is 24.9. The lowest BCUT2D eigenvalue weighted by atomic mass is 9.86. The minimum absolute atomic E-state index is 0.270. The molecule has 2 saturated carbocycles. The average molecular weight is 599 g/mol. The van der Waals surface area contributed by atoms with E-state index in [0.717, 1.165) is 27.2 Å². The summed E-state index contributed by atoms with van der Waals surface area (Å²) in [7, 11) is -3.46. The Balaban J connectivity index is 0.000000131. The molecule has 2 aromatic carbocycles. The normalized spacial score (nSPS) is 16.0. The molecule has 0 atom stereocenters. The van der Waals surface area contributed by atoms with Gasteiger partial charge in [-0.05, 0) is 56.9 Å². The van der Waals surface area contributed by atoms with Crippen molar-refractivity contribution in [3.05, 3.63) is 116 Å². The molecule has 9 heteroatoms. The summed E-state index contributed by atoms with van der Waals surface area (Å²) in [4.78, 5) is 12.4. The zero-order chi connectivity index (χ0) is 29.9. The molecule has 43 heavy (non-hydrogen) atoms. The molecule has 226 valence electrons. The number of aryl methyl sites for hydroxylation is 1. The first-order chi connectivity index (χ1) is 21.0. The largest absolute Gasteiger partial charge is 0.331 e. The van der Waals surface area contributed by atoms with Crippen LogP contribution in [0.3, 0.4) is 0 Å². The Kier molecular flexibility index (Phi) is 10.6. The number of rotatable bonds is 5. The molecule has 0 spiro atoms. The molecule has 3 heterocycles. The highest BCUT2D eigenvalue weighted by Crippen LogP contribution is 2.36. The van der Waals surface area contributed by atoms with Gasteiger partial charge in [0.15, 0.2) is 0 Å². The van der Waals surface area contributed by atoms with Gasteiger partial charge >= 0.3 is 0 Å². The lowest BCUT2D eigenvalue weighted by Crippen LogP contribution is -2.17. The van der Waals surface area contributed by atoms with Gasteiger partial charge in [0, 0.05) is 54.3 Å². The highest BCUT2D eigenvalue weighted by Gasteiger charge is 2.23. The Hall–Kier alpha value is -3.98. The van der Waals surface area contributed by atoms with Crippen molar-refractivity contribution < 1.29 is 8.42 Å². The van der Waals surface area contributed by atoms with Gasteiger partial charge in [-0.25, -0.2) is 27.3 Å². The Morgan fingerprint density at radius 2 is 1.35 bits per heavy atom. The van der Waals surface area contributed by atoms with Crippen molar-refractivity contribution in [1.82, 2.24) is 28.1 Å². The van der Waals surface area contributed by atoms with Crippen LogP contribution < -0.4 is 0 Å². The van der Waals surface area contributed by atoms with Gasteiger partial charge in [0.2, 0.25) is 0 Å². The molecule has 0 saturated heterocycles. The number of hydrogen-bond donors (Lipinski definition) is 0. The van der Waals surface area contributed by atoms with E-state index in [-0.39, 0.29) is 4.90 Å². The van der Waals surface area contributed by atoms with E-state index in [2.05, 4.69) is 32.0 Å². The van der Waals surface area contributed by atoms with Gasteiger partial charge in [0.05, 0.1) is 17.6 Å². The maximum atomic E-state index is 11.9. The summed E-state index contributed by atoms with van der Waals surface area (Å²) >= 11 is 0. The van der Waals surface area contributed by atoms with E-state index in [1.807, 2.05) is 48.0 Å². The van der Waals surface area contributed by atoms with Crippen molar-refractivity contribution in [3.63, 3.8) is 0 Å². The maximum absolute atomic E-state index is 11.9. The summed E-state index contributed by atoms with van der Waals surface area (Å²) in [5.41, 5.74) is 3.71. The summed E-state index contributed by atoms with van der Waals surface area (Å²) in [5, 5.41) is 0. The van der Waals surface area contributed by atoms with Crippen molar-refractivity contribution in [2.45, 2.75) is 88.0 Å². The van der Waals surface area contributed by atoms with Crippen LogP contribution in [0, 0.1) is 6.92 Å². The predicted molar refractivity (Wildman–Crippen MR) is 170 cm³/mol. The van der Waals surface area contributed by atoms with Gasteiger partial charge in [-0.1, -0.05) is 74.4 Å². The highest BCUT2D eigenvalue weighted by atomic mass is 32.2. The topological polar surface area (TPSA) is 87.6 Å². The molecule has 0 N–H and O–H groups in total. The molecule has 2 aliphatic carbocycles. The third-order valence-corrected chi connectivity index (χ3v) is 9.96. The third-order valence-electron chi connectivity index (χ3n) is 8.32. The maximum Gasteiger partial charge on any atom is 0.268 e. The molecule has 0 radical (unpaired) electrons. The van der Waals surface area contributed by atoms with Gasteiger partial charge in [-0.2, -0.15) is 0 Å². The number of benzene rings is 2. The quantitative estimate of drug-likeness (QED) is 0.207. The first-order valence-electron chi connectivity index (χ1n) is 15.4. The average Bonchev–Trinajstić information content (AvgIpc) is 3.87. The zero-order valence-corrected chi connectivity index (χ0v) is 25.8. The standard InChI is InChI=1S/C15H24N2.C10H10N2O2S.C9H8N2/c1-3-7-13(8-4-1)15-11-16-12-17(15)14-9-5-2-6-10-14;1-9-2-4-10(5-3-9)15(13,14)12-7-6-11-8-12;1-2-4-9(5-3-1)11-7-6-10-8-11/h11-14H,1-10H2;2-8H,1H3;1-8H. The molecule has 0 bridgehead atoms. The summed E-state index contributed by atoms with van der Waals surface area (Å²) in [6.07, 6.45) is 27.9. The molecule has 0 aliphatic heterocycles. The lowest BCUT2D eigenvalue weighted by Gasteiger charge is -2.29. The number of imidazole rings is 3. The van der Waals surface area contributed by atoms with Gasteiger partial charge in [0.25, 0.3) is 10.0 Å². The summed E-state index contributed by atoms with van der Waals surface area (Å²) in [6.45, 7) is 1.91. The molecule has 3 aromatic heterocycles. The molecule has 0 amide bonds. The first-order valence-corrected chi connectivity index (χ1v) is 16.8. The van der Waals surface area contributed by atoms with Crippen LogP contribution in [0.1, 0.15) is 87.4 Å². The molecular formula is C34H42N6O2S. The van der Waals surface area contributed by atoms with E-state index >= 15 is 0 Å². The molecule has 2 fully saturated rings. The second kappa shape index (κ2) is 15.0. The highest BCUT2D eigenvalue weighted by molar-refractivity contribution is 7.90. The molecule has 2 aliphatic rings. The van der Waals surface area contributed by atoms with E-state index in [1.54, 1.807) is 36.8 Å². The fourth-order valence-electron chi connectivity index (χ4n) is 5.93. The monoisotopic (exact) mass is 598 g/mol. The van der Waals surface area contributed by atoms with E-state index in [9.17, 15) is 8.42 Å². The van der Waals surface area contributed by atoms with E-state index < -0.39 is 10.0 Å². The minimum Gasteiger partial charge on any atom is -0.331 e. The van der Waals surface area contributed by atoms with E-state index in [0.29, 0.717) is 0 Å². The number of nitrogens with zero attached hydrogens (tertiary/aromatic N) is 6. The van der Waals surface area contributed by atoms with Gasteiger partial charge in [0.1, 0.15) is 6.33 Å². The van der Waals surface area contributed by atoms with E-state index in [1.165, 1.54) is 88.6 Å². The number of para-hydroxylation sites is 1. The Morgan fingerprint density at radius 3 is 1.98 bits per heavy atom. The molecule has 5 aromatic rings. The van der Waals surface area contributed by atoms with E-state index in [4.69, 9.17) is 0 Å². The molecule has 7 rings (SSSR count). The smallest absolute Gasteiger partial charge is 0.268 e. The van der Waals surface area contributed by atoms with Crippen LogP contribution in [-0.2, 0) is 10.0 Å². The molecular weight excluding hydrogens is 556 g/mol. The Labute approximate surface area is 255 Å². The fourth-order valence-corrected chi connectivity index (χ4v) is 7.04. The summed E-state index contributed by atoms with van der Waals surface area (Å²) < 4.78 is 29.4. The first kappa shape index (κ1) is 30.5. The number of hydrogen-bond acceptors (Lipinski definition) is 5. The van der Waals surface area contributed by atoms with Crippen molar-refractivity contribution in [2.24, 2.45) is 0 Å². The summed E-state index contributed by atoms with van der Waals surface area (Å²) in [6, 6.07) is 17.6. The van der Waals surface area contributed by atoms with Crippen molar-refractivity contribution in [2.75, 3.05) is 0 Å². The summed E-state index contributed by atoms with van der Waals surface area (Å²) in [5.74, 6) is 0.799. The molecule has 8 nitrogen and oxygen atoms in total. The van der Waals surface area contributed by atoms with Crippen LogP contribution in [0.5, 0.6) is 0 Å². The van der Waals surface area contributed by atoms with Gasteiger partial charge in [-0.3, -0.25) is 0 Å². The van der Waals surface area contributed by atoms with Crippen LogP contribution in [0.25, 0.3) is 5.69 Å². The SMILES string of the molecule is Cc1ccc(S(=O)(=O)n2ccnc2)cc1.c1ccc(-n2ccnc2)cc1.c1ncn(C2CCCCC2)c1C1CCCCC1. The number of aromatic nitrogens is 6. The fraction of sp³-hybridized carbons (Fsp3) is 0.382. The van der Waals surface area contributed by atoms with Crippen LogP contribution in [0.2, 0.25) is 0 Å². The van der Waals surface area contributed by atoms with Crippen LogP contribution >= 0.6 is 0 Å². The predicted octanol–water partition coefficient (Wildman–Crippen LogP) is 7.74. The second-order valence-electron chi connectivity index (χ2n) is 11.4. The molecule has 0 unspecified atom stereocenters. The Bertz CT molecular complexity index is 1550. The third kappa shape index (κ3) is 8.10. The second-order valence-corrected chi connectivity index (χ2v) is 13.2. The van der Waals surface area contributed by atoms with Gasteiger partial charge in [-0.15, -0.1) is 0 Å². The van der Waals surface area contributed by atoms with Crippen LogP contribution in [0.4, 0.5) is 0 Å². The van der Waals surface area contributed by atoms with Crippen molar-refractivity contribution >= 4 is 10.0 Å². The van der Waals surface area contributed by atoms with Crippen molar-refractivity contribution in [3.8, 4) is 5.69 Å². The van der Waals surface area contributed by atoms with Crippen molar-refractivity contribution in [1.29, 1.82) is 0 Å². The van der Waals surface area contributed by atoms with Gasteiger partial charge < -0.3 is 9.13 Å². The van der Waals surface area contributed by atoms with Crippen LogP contribution in [-0.4, -0.2) is 36.5 Å².